The van der Waals surface area contributed by atoms with E-state index in [0.717, 1.165) is 31.1 Å². The summed E-state index contributed by atoms with van der Waals surface area (Å²) in [5, 5.41) is 2.85. The van der Waals surface area contributed by atoms with Crippen molar-refractivity contribution < 1.29 is 4.79 Å². The largest absolute Gasteiger partial charge is 0.304 e. The first-order chi connectivity index (χ1) is 8.16. The van der Waals surface area contributed by atoms with Gasteiger partial charge in [-0.1, -0.05) is 0 Å². The predicted octanol–water partition coefficient (Wildman–Crippen LogP) is 0.891. The van der Waals surface area contributed by atoms with Gasteiger partial charge in [0.2, 0.25) is 0 Å². The lowest BCUT2D eigenvalue weighted by Crippen LogP contribution is -2.44. The Kier molecular flexibility index (Phi) is 4.25. The Morgan fingerprint density at radius 3 is 3.06 bits per heavy atom. The van der Waals surface area contributed by atoms with Crippen molar-refractivity contribution in [3.05, 3.63) is 16.6 Å². The maximum absolute atomic E-state index is 12.3. The summed E-state index contributed by atoms with van der Waals surface area (Å²) in [6, 6.07) is 0.0198. The van der Waals surface area contributed by atoms with E-state index in [-0.39, 0.29) is 11.8 Å². The van der Waals surface area contributed by atoms with E-state index in [1.807, 2.05) is 12.4 Å². The van der Waals surface area contributed by atoms with Gasteiger partial charge < -0.3 is 4.90 Å². The third kappa shape index (κ3) is 3.34. The summed E-state index contributed by atoms with van der Waals surface area (Å²) in [7, 11) is 4.13. The van der Waals surface area contributed by atoms with Crippen molar-refractivity contribution in [1.82, 2.24) is 14.8 Å². The highest BCUT2D eigenvalue weighted by Crippen LogP contribution is 2.12. The molecule has 94 valence electrons. The summed E-state index contributed by atoms with van der Waals surface area (Å²) in [4.78, 5) is 20.9. The molecule has 0 bridgehead atoms. The highest BCUT2D eigenvalue weighted by Gasteiger charge is 2.27. The predicted molar refractivity (Wildman–Crippen MR) is 69.4 cm³/mol. The van der Waals surface area contributed by atoms with Gasteiger partial charge >= 0.3 is 0 Å². The number of hydrogen-bond acceptors (Lipinski definition) is 5. The molecule has 2 rings (SSSR count). The maximum Gasteiger partial charge on any atom is 0.158 e. The van der Waals surface area contributed by atoms with Crippen LogP contribution in [-0.4, -0.2) is 60.3 Å². The van der Waals surface area contributed by atoms with Crippen LogP contribution >= 0.6 is 11.3 Å². The van der Waals surface area contributed by atoms with E-state index in [0.29, 0.717) is 6.42 Å². The topological polar surface area (TPSA) is 36.4 Å². The zero-order valence-electron chi connectivity index (χ0n) is 10.4. The van der Waals surface area contributed by atoms with Crippen LogP contribution in [0.4, 0.5) is 0 Å². The average Bonchev–Trinajstić information content (AvgIpc) is 2.72. The number of carbonyl (C=O) groups is 1. The van der Waals surface area contributed by atoms with Crippen LogP contribution in [0.1, 0.15) is 11.4 Å². The Hall–Kier alpha value is -0.780. The Morgan fingerprint density at radius 1 is 1.53 bits per heavy atom. The van der Waals surface area contributed by atoms with Crippen LogP contribution in [-0.2, 0) is 11.2 Å². The number of Topliss-reactive ketones (excluding diaryl/α,β-unsaturated/α-hetero) is 1. The lowest BCUT2D eigenvalue weighted by Gasteiger charge is -2.25. The zero-order valence-corrected chi connectivity index (χ0v) is 11.2. The first-order valence-electron chi connectivity index (χ1n) is 5.96. The molecular formula is C12H19N3OS. The molecular weight excluding hydrogens is 234 g/mol. The molecule has 1 unspecified atom stereocenters. The fraction of sp³-hybridized carbons (Fsp3) is 0.667. The lowest BCUT2D eigenvalue weighted by atomic mass is 10.1. The Labute approximate surface area is 106 Å². The highest BCUT2D eigenvalue weighted by molar-refractivity contribution is 7.09. The van der Waals surface area contributed by atoms with Gasteiger partial charge in [0.15, 0.2) is 5.78 Å². The normalized spacial score (nSPS) is 23.5. The molecule has 0 spiro atoms. The van der Waals surface area contributed by atoms with Gasteiger partial charge in [0.25, 0.3) is 0 Å². The first-order valence-corrected chi connectivity index (χ1v) is 6.84. The van der Waals surface area contributed by atoms with Crippen LogP contribution in [0.15, 0.2) is 11.6 Å². The summed E-state index contributed by atoms with van der Waals surface area (Å²) < 4.78 is 0. The Balaban J connectivity index is 2.00. The first kappa shape index (κ1) is 12.7. The van der Waals surface area contributed by atoms with Crippen molar-refractivity contribution in [3.63, 3.8) is 0 Å². The Morgan fingerprint density at radius 2 is 2.35 bits per heavy atom. The molecule has 2 heterocycles. The van der Waals surface area contributed by atoms with Crippen LogP contribution in [0.25, 0.3) is 0 Å². The lowest BCUT2D eigenvalue weighted by molar-refractivity contribution is -0.123. The second-order valence-electron chi connectivity index (χ2n) is 4.68. The van der Waals surface area contributed by atoms with Crippen LogP contribution in [0, 0.1) is 0 Å². The van der Waals surface area contributed by atoms with E-state index in [9.17, 15) is 4.79 Å². The van der Waals surface area contributed by atoms with Gasteiger partial charge in [-0.2, -0.15) is 0 Å². The maximum atomic E-state index is 12.3. The highest BCUT2D eigenvalue weighted by atomic mass is 32.1. The molecule has 1 aliphatic rings. The molecule has 0 amide bonds. The number of aromatic nitrogens is 1. The summed E-state index contributed by atoms with van der Waals surface area (Å²) in [6.45, 7) is 2.91. The molecule has 1 fully saturated rings. The smallest absolute Gasteiger partial charge is 0.158 e. The molecule has 0 radical (unpaired) electrons. The van der Waals surface area contributed by atoms with Gasteiger partial charge in [0, 0.05) is 18.1 Å². The number of rotatable bonds is 3. The molecule has 0 aliphatic carbocycles. The fourth-order valence-corrected chi connectivity index (χ4v) is 2.85. The zero-order chi connectivity index (χ0) is 12.3. The van der Waals surface area contributed by atoms with E-state index in [1.165, 1.54) is 0 Å². The molecule has 5 heteroatoms. The van der Waals surface area contributed by atoms with Crippen LogP contribution in [0.3, 0.4) is 0 Å². The number of carbonyl (C=O) groups excluding carboxylic acids is 1. The molecule has 17 heavy (non-hydrogen) atoms. The minimum absolute atomic E-state index is 0.0198. The number of likely N-dealkylation sites (N-methyl/N-ethyl adjacent to an activating group) is 2. The van der Waals surface area contributed by atoms with Crippen LogP contribution < -0.4 is 0 Å². The monoisotopic (exact) mass is 253 g/mol. The van der Waals surface area contributed by atoms with Gasteiger partial charge in [-0.05, 0) is 33.6 Å². The molecule has 1 atom stereocenters. The molecule has 0 saturated carbocycles. The van der Waals surface area contributed by atoms with Gasteiger partial charge in [0.05, 0.1) is 17.5 Å². The fourth-order valence-electron chi connectivity index (χ4n) is 2.23. The van der Waals surface area contributed by atoms with Gasteiger partial charge in [-0.15, -0.1) is 11.3 Å². The minimum Gasteiger partial charge on any atom is -0.304 e. The van der Waals surface area contributed by atoms with Crippen molar-refractivity contribution in [3.8, 4) is 0 Å². The summed E-state index contributed by atoms with van der Waals surface area (Å²) >= 11 is 1.56. The molecule has 1 aromatic heterocycles. The van der Waals surface area contributed by atoms with E-state index in [2.05, 4.69) is 21.8 Å². The summed E-state index contributed by atoms with van der Waals surface area (Å²) in [5.41, 5.74) is 0. The molecule has 1 aromatic rings. The average molecular weight is 253 g/mol. The van der Waals surface area contributed by atoms with Gasteiger partial charge in [-0.25, -0.2) is 4.98 Å². The second kappa shape index (κ2) is 5.71. The van der Waals surface area contributed by atoms with Crippen molar-refractivity contribution in [2.75, 3.05) is 33.7 Å². The second-order valence-corrected chi connectivity index (χ2v) is 5.66. The van der Waals surface area contributed by atoms with Crippen molar-refractivity contribution in [2.45, 2.75) is 18.9 Å². The molecule has 4 nitrogen and oxygen atoms in total. The SMILES string of the molecule is CN1CCCN(C)C(C(=O)Cc2nccs2)C1. The van der Waals surface area contributed by atoms with E-state index in [1.54, 1.807) is 17.5 Å². The molecule has 1 saturated heterocycles. The standard InChI is InChI=1S/C12H19N3OS/c1-14-5-3-6-15(2)10(9-14)11(16)8-12-13-4-7-17-12/h4,7,10H,3,5-6,8-9H2,1-2H3. The van der Waals surface area contributed by atoms with Gasteiger partial charge in [0.1, 0.15) is 0 Å². The summed E-state index contributed by atoms with van der Waals surface area (Å²) in [5.74, 6) is 0.288. The number of ketones is 1. The number of thiazole rings is 1. The third-order valence-electron chi connectivity index (χ3n) is 3.25. The number of hydrogen-bond donors (Lipinski definition) is 0. The van der Waals surface area contributed by atoms with Gasteiger partial charge in [-0.3, -0.25) is 9.69 Å². The van der Waals surface area contributed by atoms with E-state index >= 15 is 0 Å². The number of nitrogens with zero attached hydrogens (tertiary/aromatic N) is 3. The van der Waals surface area contributed by atoms with Crippen LogP contribution in [0.2, 0.25) is 0 Å². The molecule has 0 aromatic carbocycles. The minimum atomic E-state index is 0.0198. The van der Waals surface area contributed by atoms with Crippen molar-refractivity contribution in [2.24, 2.45) is 0 Å². The molecule has 1 aliphatic heterocycles. The van der Waals surface area contributed by atoms with E-state index < -0.39 is 0 Å². The van der Waals surface area contributed by atoms with E-state index in [4.69, 9.17) is 0 Å². The third-order valence-corrected chi connectivity index (χ3v) is 4.03. The van der Waals surface area contributed by atoms with Crippen molar-refractivity contribution in [1.29, 1.82) is 0 Å². The van der Waals surface area contributed by atoms with Crippen molar-refractivity contribution >= 4 is 17.1 Å². The van der Waals surface area contributed by atoms with Crippen LogP contribution in [0.5, 0.6) is 0 Å². The molecule has 0 N–H and O–H groups in total. The Bertz CT molecular complexity index is 366. The quantitative estimate of drug-likeness (QED) is 0.801. The summed E-state index contributed by atoms with van der Waals surface area (Å²) in [6.07, 6.45) is 3.37.